The lowest BCUT2D eigenvalue weighted by atomic mass is 9.95. The van der Waals surface area contributed by atoms with Crippen LogP contribution in [0.4, 0.5) is 13.2 Å². The summed E-state index contributed by atoms with van der Waals surface area (Å²) in [6, 6.07) is 3.95. The molecule has 5 aliphatic heterocycles. The molecule has 0 spiro atoms. The number of hydrogen-bond donors (Lipinski definition) is 20. The van der Waals surface area contributed by atoms with Gasteiger partial charge in [-0.15, -0.1) is 0 Å². The number of Topliss-reactive ketones (excluding diaryl/α,β-unsaturated/α-hetero) is 1. The standard InChI is InChI=1S/C81H135F3N2O34/c1-2-3-4-5-6-7-8-9-10-11-14-22-32-50(90)56(93)49(86-55(92)34-23-15-12-13-20-29-46-35-37-47(38-36-46)81(82,83)84)44-112-77-63(100)58(95)57(94)53(115-77)45-110-40-27-19-17-26-39-85-54(91)33-25-24-31-48(89)30-21-16-18-28-41-111-76-65(102)61(98)69(51(42-87)113-76)117-80-68(105)71(67(104)73(120-80)75(108)109)118-78-66(103)62(99)70(52(43-88)114-78)116-79-64(101)59(96)60(97)72(119-79)74(106)107/h35-38,49-53,56-73,76-80,87-88,90,93-105H,2-34,39-45H2,1H3,(H,85,91)(H,86,92)(H,106,107)(H,108,109)/t49-,50+,51?,52?,53?,56-,57?,58?,59?,60?,61?,62?,63?,64?,65?,66?,67?,68?,69?,70?,71?,72?,73?,76?,77?,78?,79?,80?/m0/s1. The van der Waals surface area contributed by atoms with Crippen LogP contribution >= 0.6 is 0 Å². The van der Waals surface area contributed by atoms with Crippen LogP contribution < -0.4 is 10.6 Å². The zero-order chi connectivity index (χ0) is 88.0. The zero-order valence-electron chi connectivity index (χ0n) is 68.5. The first-order valence-electron chi connectivity index (χ1n) is 42.8. The highest BCUT2D eigenvalue weighted by Gasteiger charge is 2.57. The first-order chi connectivity index (χ1) is 57.3. The Morgan fingerprint density at radius 2 is 0.867 bits per heavy atom. The van der Waals surface area contributed by atoms with Crippen LogP contribution in [0.3, 0.4) is 0 Å². The number of unbranched alkanes of at least 4 members (excludes halogenated alkanes) is 22. The SMILES string of the molecule is CCCCCCCCCCCCCC[C@@H](O)[C@@H](O)[C@H](COC1OC(COCCCCCCNC(=O)CCCCC(=O)CCCCCCOC2OC(CO)C(OC3OC(C(=O)O)C(O)C(OC4OC(CO)C(OC5OC(C(=O)O)C(O)C(O)C5O)C(O)C4O)C3O)C(O)C2O)C(O)C(O)C1O)NC(=O)CCCCCCCc1ccc(C(F)(F)F)cc1. The Kier molecular flexibility index (Phi) is 47.9. The number of amides is 2. The second-order valence-corrected chi connectivity index (χ2v) is 32.0. The number of alkyl halides is 3. The number of nitrogens with one attached hydrogen (secondary N) is 2. The predicted octanol–water partition coefficient (Wildman–Crippen LogP) is 0.957. The Balaban J connectivity index is 0.809. The molecule has 36 nitrogen and oxygen atoms in total. The lowest BCUT2D eigenvalue weighted by Crippen LogP contribution is -2.68. The molecule has 25 unspecified atom stereocenters. The van der Waals surface area contributed by atoms with Gasteiger partial charge in [-0.25, -0.2) is 9.59 Å². The molecule has 39 heteroatoms. The number of benzene rings is 1. The number of carbonyl (C=O) groups is 5. The zero-order valence-corrected chi connectivity index (χ0v) is 68.5. The highest BCUT2D eigenvalue weighted by molar-refractivity contribution is 5.79. The van der Waals surface area contributed by atoms with E-state index in [1.807, 2.05) is 0 Å². The normalized spacial score (nSPS) is 31.9. The highest BCUT2D eigenvalue weighted by Crippen LogP contribution is 2.37. The minimum Gasteiger partial charge on any atom is -0.479 e. The Bertz CT molecular complexity index is 3030. The quantitative estimate of drug-likeness (QED) is 0.0404. The van der Waals surface area contributed by atoms with Crippen LogP contribution in [0.25, 0.3) is 0 Å². The second kappa shape index (κ2) is 55.2. The molecule has 5 saturated heterocycles. The number of carboxylic acid groups (broad SMARTS) is 2. The molecule has 0 radical (unpaired) electrons. The molecule has 1 aromatic rings. The van der Waals surface area contributed by atoms with Crippen molar-refractivity contribution < 1.29 is 181 Å². The van der Waals surface area contributed by atoms with Crippen molar-refractivity contribution in [3.8, 4) is 0 Å². The van der Waals surface area contributed by atoms with E-state index in [0.29, 0.717) is 90.0 Å². The fraction of sp³-hybridized carbons (Fsp3) is 0.864. The first kappa shape index (κ1) is 104. The van der Waals surface area contributed by atoms with Crippen molar-refractivity contribution in [2.24, 2.45) is 0 Å². The van der Waals surface area contributed by atoms with Crippen molar-refractivity contribution in [1.82, 2.24) is 10.6 Å². The minimum atomic E-state index is -4.40. The van der Waals surface area contributed by atoms with Gasteiger partial charge in [0, 0.05) is 45.4 Å². The Labute approximate surface area is 697 Å². The van der Waals surface area contributed by atoms with Crippen molar-refractivity contribution in [2.45, 2.75) is 397 Å². The first-order valence-corrected chi connectivity index (χ1v) is 42.8. The summed E-state index contributed by atoms with van der Waals surface area (Å²) in [6.45, 7) is 0.280. The number of rotatable bonds is 59. The largest absolute Gasteiger partial charge is 0.479 e. The number of carboxylic acids is 2. The molecule has 0 bridgehead atoms. The summed E-state index contributed by atoms with van der Waals surface area (Å²) in [5, 5.41) is 198. The summed E-state index contributed by atoms with van der Waals surface area (Å²) < 4.78 is 101. The van der Waals surface area contributed by atoms with Crippen molar-refractivity contribution >= 4 is 29.5 Å². The number of aryl methyl sites for hydroxylation is 1. The van der Waals surface area contributed by atoms with Gasteiger partial charge < -0.3 is 155 Å². The molecule has 1 aromatic carbocycles. The molecule has 694 valence electrons. The molecule has 5 heterocycles. The number of aliphatic carboxylic acids is 2. The second-order valence-electron chi connectivity index (χ2n) is 32.0. The van der Waals surface area contributed by atoms with E-state index in [0.717, 1.165) is 75.5 Å². The number of ketones is 1. The average molecular weight is 1740 g/mol. The summed E-state index contributed by atoms with van der Waals surface area (Å²) in [6.07, 6.45) is -31.0. The van der Waals surface area contributed by atoms with Gasteiger partial charge in [0.05, 0.1) is 44.1 Å². The molecule has 5 aliphatic rings. The third-order valence-electron chi connectivity index (χ3n) is 22.4. The molecule has 5 fully saturated rings. The van der Waals surface area contributed by atoms with Gasteiger partial charge in [0.2, 0.25) is 11.8 Å². The smallest absolute Gasteiger partial charge is 0.416 e. The maximum atomic E-state index is 13.3. The van der Waals surface area contributed by atoms with Crippen LogP contribution in [-0.4, -0.2) is 339 Å². The molecular formula is C81H135F3N2O34. The maximum Gasteiger partial charge on any atom is 0.416 e. The van der Waals surface area contributed by atoms with Gasteiger partial charge in [0.25, 0.3) is 0 Å². The van der Waals surface area contributed by atoms with Crippen LogP contribution in [0, 0.1) is 0 Å². The summed E-state index contributed by atoms with van der Waals surface area (Å²) in [7, 11) is 0. The molecule has 120 heavy (non-hydrogen) atoms. The summed E-state index contributed by atoms with van der Waals surface area (Å²) in [5.74, 6) is -4.16. The predicted molar refractivity (Wildman–Crippen MR) is 413 cm³/mol. The van der Waals surface area contributed by atoms with Crippen molar-refractivity contribution in [3.63, 3.8) is 0 Å². The van der Waals surface area contributed by atoms with Crippen LogP contribution in [0.1, 0.15) is 224 Å². The number of aliphatic hydroxyl groups excluding tert-OH is 16. The van der Waals surface area contributed by atoms with Crippen molar-refractivity contribution in [2.75, 3.05) is 46.2 Å². The fourth-order valence-electron chi connectivity index (χ4n) is 15.1. The average Bonchev–Trinajstić information content (AvgIpc) is 0.767. The molecule has 0 aromatic heterocycles. The highest BCUT2D eigenvalue weighted by atomic mass is 19.4. The lowest BCUT2D eigenvalue weighted by molar-refractivity contribution is -0.385. The van der Waals surface area contributed by atoms with Crippen LogP contribution in [0.5, 0.6) is 0 Å². The van der Waals surface area contributed by atoms with Gasteiger partial charge in [0.15, 0.2) is 43.7 Å². The van der Waals surface area contributed by atoms with E-state index >= 15 is 0 Å². The monoisotopic (exact) mass is 1740 g/mol. The molecule has 2 amide bonds. The van der Waals surface area contributed by atoms with E-state index in [1.165, 1.54) is 57.1 Å². The van der Waals surface area contributed by atoms with Crippen LogP contribution in [-0.2, 0) is 88.7 Å². The number of aliphatic hydroxyl groups is 16. The lowest BCUT2D eigenvalue weighted by Gasteiger charge is -2.48. The van der Waals surface area contributed by atoms with E-state index in [-0.39, 0.29) is 57.2 Å². The number of ether oxygens (including phenoxy) is 11. The third-order valence-corrected chi connectivity index (χ3v) is 22.4. The summed E-state index contributed by atoms with van der Waals surface area (Å²) in [4.78, 5) is 62.5. The van der Waals surface area contributed by atoms with Gasteiger partial charge >= 0.3 is 18.1 Å². The minimum absolute atomic E-state index is 0.0222. The molecule has 28 atom stereocenters. The third kappa shape index (κ3) is 34.0. The van der Waals surface area contributed by atoms with Gasteiger partial charge in [-0.1, -0.05) is 141 Å². The van der Waals surface area contributed by atoms with Gasteiger partial charge in [-0.2, -0.15) is 13.2 Å². The van der Waals surface area contributed by atoms with Crippen LogP contribution in [0.2, 0.25) is 0 Å². The van der Waals surface area contributed by atoms with Crippen molar-refractivity contribution in [3.05, 3.63) is 35.4 Å². The van der Waals surface area contributed by atoms with Crippen LogP contribution in [0.15, 0.2) is 24.3 Å². The molecular weight excluding hydrogens is 1600 g/mol. The molecule has 6 rings (SSSR count). The van der Waals surface area contributed by atoms with E-state index in [2.05, 4.69) is 17.6 Å². The summed E-state index contributed by atoms with van der Waals surface area (Å²) in [5.41, 5.74) is 0.105. The number of halogens is 3. The fourth-order valence-corrected chi connectivity index (χ4v) is 15.1. The molecule has 20 N–H and O–H groups in total. The topological polar surface area (TPSA) is 575 Å². The van der Waals surface area contributed by atoms with Crippen molar-refractivity contribution in [1.29, 1.82) is 0 Å². The van der Waals surface area contributed by atoms with E-state index in [1.54, 1.807) is 0 Å². The molecule has 0 aliphatic carbocycles. The van der Waals surface area contributed by atoms with E-state index in [9.17, 15) is 129 Å². The van der Waals surface area contributed by atoms with E-state index < -0.39 is 221 Å². The number of carbonyl (C=O) groups excluding carboxylic acids is 3. The molecule has 0 saturated carbocycles. The van der Waals surface area contributed by atoms with Gasteiger partial charge in [-0.3, -0.25) is 14.4 Å². The van der Waals surface area contributed by atoms with Gasteiger partial charge in [0.1, 0.15) is 122 Å². The maximum absolute atomic E-state index is 13.3. The Morgan fingerprint density at radius 3 is 1.45 bits per heavy atom. The Hall–Kier alpha value is -4.52. The Morgan fingerprint density at radius 1 is 0.433 bits per heavy atom. The van der Waals surface area contributed by atoms with E-state index in [4.69, 9.17) is 52.1 Å². The number of hydrogen-bond acceptors (Lipinski definition) is 32. The van der Waals surface area contributed by atoms with Gasteiger partial charge in [-0.05, 0) is 81.9 Å². The summed E-state index contributed by atoms with van der Waals surface area (Å²) >= 11 is 0.